The maximum absolute atomic E-state index is 12.2. The summed E-state index contributed by atoms with van der Waals surface area (Å²) in [6.07, 6.45) is 1.77. The van der Waals surface area contributed by atoms with Crippen molar-refractivity contribution in [3.8, 4) is 5.75 Å². The van der Waals surface area contributed by atoms with Gasteiger partial charge in [0.15, 0.2) is 0 Å². The zero-order chi connectivity index (χ0) is 18.1. The predicted octanol–water partition coefficient (Wildman–Crippen LogP) is 3.10. The second-order valence-electron chi connectivity index (χ2n) is 5.46. The molecule has 0 saturated carbocycles. The Balaban J connectivity index is 1.77. The van der Waals surface area contributed by atoms with Gasteiger partial charge in [-0.1, -0.05) is 6.07 Å². The van der Waals surface area contributed by atoms with Gasteiger partial charge in [-0.15, -0.1) is 11.3 Å². The molecule has 1 N–H and O–H groups in total. The Bertz CT molecular complexity index is 715. The van der Waals surface area contributed by atoms with Crippen LogP contribution in [0.1, 0.15) is 40.3 Å². The molecular weight excluding hydrogens is 340 g/mol. The lowest BCUT2D eigenvalue weighted by Crippen LogP contribution is -2.24. The number of hydrogen-bond donors (Lipinski definition) is 1. The predicted molar refractivity (Wildman–Crippen MR) is 95.8 cm³/mol. The first kappa shape index (κ1) is 18.9. The highest BCUT2D eigenvalue weighted by Gasteiger charge is 2.07. The van der Waals surface area contributed by atoms with Gasteiger partial charge in [0.1, 0.15) is 12.4 Å². The van der Waals surface area contributed by atoms with Gasteiger partial charge in [-0.25, -0.2) is 4.98 Å². The molecule has 0 atom stereocenters. The highest BCUT2D eigenvalue weighted by Crippen LogP contribution is 2.16. The minimum atomic E-state index is -0.230. The van der Waals surface area contributed by atoms with E-state index in [2.05, 4.69) is 15.0 Å². The van der Waals surface area contributed by atoms with Crippen LogP contribution in [0.5, 0.6) is 5.75 Å². The van der Waals surface area contributed by atoms with Gasteiger partial charge in [0.05, 0.1) is 17.8 Å². The molecule has 7 heteroatoms. The summed E-state index contributed by atoms with van der Waals surface area (Å²) < 4.78 is 10.3. The van der Waals surface area contributed by atoms with Crippen molar-refractivity contribution in [3.63, 3.8) is 0 Å². The van der Waals surface area contributed by atoms with E-state index in [4.69, 9.17) is 4.74 Å². The third-order valence-electron chi connectivity index (χ3n) is 3.47. The number of rotatable bonds is 9. The first-order valence-electron chi connectivity index (χ1n) is 8.07. The molecule has 1 aromatic carbocycles. The molecular formula is C18H22N2O4S. The summed E-state index contributed by atoms with van der Waals surface area (Å²) in [4.78, 5) is 27.5. The van der Waals surface area contributed by atoms with Crippen LogP contribution in [0.2, 0.25) is 0 Å². The highest BCUT2D eigenvalue weighted by atomic mass is 32.1. The molecule has 1 heterocycles. The number of methoxy groups -OCH3 is 1. The number of nitrogens with one attached hydrogen (secondary N) is 1. The standard InChI is InChI=1S/C18H22N2O4S/c1-13-20-15(12-25-13)11-24-16-7-5-6-14(10-16)18(22)19-9-4-3-8-17(21)23-2/h5-7,10,12H,3-4,8-9,11H2,1-2H3,(H,19,22). The molecule has 0 aliphatic heterocycles. The summed E-state index contributed by atoms with van der Waals surface area (Å²) in [5, 5.41) is 5.80. The van der Waals surface area contributed by atoms with Crippen molar-refractivity contribution in [2.45, 2.75) is 32.8 Å². The second kappa shape index (κ2) is 9.78. The molecule has 0 unspecified atom stereocenters. The van der Waals surface area contributed by atoms with E-state index in [1.165, 1.54) is 7.11 Å². The van der Waals surface area contributed by atoms with Crippen LogP contribution in [0.3, 0.4) is 0 Å². The Morgan fingerprint density at radius 3 is 2.84 bits per heavy atom. The summed E-state index contributed by atoms with van der Waals surface area (Å²) in [6.45, 7) is 2.84. The molecule has 134 valence electrons. The van der Waals surface area contributed by atoms with E-state index in [1.54, 1.807) is 29.5 Å². The smallest absolute Gasteiger partial charge is 0.305 e. The quantitative estimate of drug-likeness (QED) is 0.548. The van der Waals surface area contributed by atoms with Gasteiger partial charge in [0.2, 0.25) is 0 Å². The zero-order valence-electron chi connectivity index (χ0n) is 14.4. The Kier molecular flexibility index (Phi) is 7.40. The van der Waals surface area contributed by atoms with Crippen molar-refractivity contribution >= 4 is 23.2 Å². The number of unbranched alkanes of at least 4 members (excludes halogenated alkanes) is 1. The number of amides is 1. The number of nitrogens with zero attached hydrogens (tertiary/aromatic N) is 1. The Morgan fingerprint density at radius 2 is 2.12 bits per heavy atom. The van der Waals surface area contributed by atoms with Crippen molar-refractivity contribution in [2.24, 2.45) is 0 Å². The van der Waals surface area contributed by atoms with Crippen LogP contribution in [0.25, 0.3) is 0 Å². The fourth-order valence-corrected chi connectivity index (χ4v) is 2.76. The average Bonchev–Trinajstić information content (AvgIpc) is 3.05. The van der Waals surface area contributed by atoms with Crippen LogP contribution in [-0.2, 0) is 16.1 Å². The average molecular weight is 362 g/mol. The van der Waals surface area contributed by atoms with Crippen LogP contribution in [0.4, 0.5) is 0 Å². The number of benzene rings is 1. The largest absolute Gasteiger partial charge is 0.487 e. The molecule has 0 fully saturated rings. The third kappa shape index (κ3) is 6.54. The number of hydrogen-bond acceptors (Lipinski definition) is 6. The van der Waals surface area contributed by atoms with E-state index in [-0.39, 0.29) is 11.9 Å². The van der Waals surface area contributed by atoms with Crippen LogP contribution in [0, 0.1) is 6.92 Å². The van der Waals surface area contributed by atoms with Gasteiger partial charge >= 0.3 is 5.97 Å². The van der Waals surface area contributed by atoms with Crippen molar-refractivity contribution < 1.29 is 19.1 Å². The summed E-state index contributed by atoms with van der Waals surface area (Å²) in [7, 11) is 1.37. The highest BCUT2D eigenvalue weighted by molar-refractivity contribution is 7.09. The molecule has 2 rings (SSSR count). The van der Waals surface area contributed by atoms with Crippen molar-refractivity contribution in [1.29, 1.82) is 0 Å². The van der Waals surface area contributed by atoms with Crippen molar-refractivity contribution in [2.75, 3.05) is 13.7 Å². The van der Waals surface area contributed by atoms with Crippen molar-refractivity contribution in [3.05, 3.63) is 45.9 Å². The molecule has 1 amide bonds. The summed E-state index contributed by atoms with van der Waals surface area (Å²) in [5.41, 5.74) is 1.42. The summed E-state index contributed by atoms with van der Waals surface area (Å²) in [5.74, 6) is 0.239. The molecule has 0 spiro atoms. The monoisotopic (exact) mass is 362 g/mol. The van der Waals surface area contributed by atoms with Crippen LogP contribution in [0.15, 0.2) is 29.6 Å². The number of esters is 1. The van der Waals surface area contributed by atoms with Gasteiger partial charge in [0.25, 0.3) is 5.91 Å². The lowest BCUT2D eigenvalue weighted by atomic mass is 10.2. The fraction of sp³-hybridized carbons (Fsp3) is 0.389. The lowest BCUT2D eigenvalue weighted by molar-refractivity contribution is -0.140. The Labute approximate surface area is 151 Å². The molecule has 0 aliphatic carbocycles. The van der Waals surface area contributed by atoms with Gasteiger partial charge in [-0.2, -0.15) is 0 Å². The summed E-state index contributed by atoms with van der Waals surface area (Å²) in [6, 6.07) is 7.05. The van der Waals surface area contributed by atoms with Gasteiger partial charge in [0, 0.05) is 23.9 Å². The number of carbonyl (C=O) groups excluding carboxylic acids is 2. The van der Waals surface area contributed by atoms with E-state index in [0.29, 0.717) is 37.3 Å². The van der Waals surface area contributed by atoms with E-state index in [1.807, 2.05) is 18.4 Å². The van der Waals surface area contributed by atoms with E-state index in [0.717, 1.165) is 17.1 Å². The molecule has 25 heavy (non-hydrogen) atoms. The lowest BCUT2D eigenvalue weighted by Gasteiger charge is -2.08. The minimum absolute atomic E-state index is 0.159. The van der Waals surface area contributed by atoms with Gasteiger partial charge in [-0.05, 0) is 38.0 Å². The summed E-state index contributed by atoms with van der Waals surface area (Å²) >= 11 is 1.58. The molecule has 0 saturated heterocycles. The number of aryl methyl sites for hydroxylation is 1. The van der Waals surface area contributed by atoms with Crippen LogP contribution in [-0.4, -0.2) is 30.5 Å². The number of aromatic nitrogens is 1. The normalized spacial score (nSPS) is 10.3. The molecule has 6 nitrogen and oxygen atoms in total. The molecule has 0 bridgehead atoms. The molecule has 1 aromatic heterocycles. The first-order chi connectivity index (χ1) is 12.1. The molecule has 0 aliphatic rings. The number of ether oxygens (including phenoxy) is 2. The fourth-order valence-electron chi connectivity index (χ4n) is 2.16. The molecule has 0 radical (unpaired) electrons. The topological polar surface area (TPSA) is 77.5 Å². The van der Waals surface area contributed by atoms with Gasteiger partial charge < -0.3 is 14.8 Å². The van der Waals surface area contributed by atoms with E-state index in [9.17, 15) is 9.59 Å². The Hall–Kier alpha value is -2.41. The Morgan fingerprint density at radius 1 is 1.28 bits per heavy atom. The number of thiazole rings is 1. The van der Waals surface area contributed by atoms with E-state index < -0.39 is 0 Å². The molecule has 2 aromatic rings. The van der Waals surface area contributed by atoms with Crippen LogP contribution >= 0.6 is 11.3 Å². The van der Waals surface area contributed by atoms with Crippen LogP contribution < -0.4 is 10.1 Å². The minimum Gasteiger partial charge on any atom is -0.487 e. The SMILES string of the molecule is COC(=O)CCCCNC(=O)c1cccc(OCc2csc(C)n2)c1. The van der Waals surface area contributed by atoms with Crippen molar-refractivity contribution in [1.82, 2.24) is 10.3 Å². The second-order valence-corrected chi connectivity index (χ2v) is 6.53. The maximum atomic E-state index is 12.2. The first-order valence-corrected chi connectivity index (χ1v) is 8.95. The van der Waals surface area contributed by atoms with E-state index >= 15 is 0 Å². The maximum Gasteiger partial charge on any atom is 0.305 e. The zero-order valence-corrected chi connectivity index (χ0v) is 15.2. The van der Waals surface area contributed by atoms with Gasteiger partial charge in [-0.3, -0.25) is 9.59 Å². The third-order valence-corrected chi connectivity index (χ3v) is 4.29. The number of carbonyl (C=O) groups is 2.